The summed E-state index contributed by atoms with van der Waals surface area (Å²) >= 11 is 3.44. The standard InChI is InChI=1S/C23H19NOS2/c24-23(25)15-18(21-13-5-9-16-7-1-3-11-19(16)26-21)22-14-6-10-17-8-2-4-12-20(17)27-22/h1-14,18H,15H2,(H2,24,25). The number of carbonyl (C=O) groups is 1. The van der Waals surface area contributed by atoms with Crippen LogP contribution in [-0.4, -0.2) is 5.91 Å². The smallest absolute Gasteiger partial charge is 0.218 e. The molecule has 134 valence electrons. The fourth-order valence-electron chi connectivity index (χ4n) is 3.15. The molecule has 0 saturated heterocycles. The van der Waals surface area contributed by atoms with Gasteiger partial charge in [-0.2, -0.15) is 0 Å². The number of fused-ring (bicyclic) bond motifs is 2. The lowest BCUT2D eigenvalue weighted by molar-refractivity contribution is -0.118. The normalized spacial score (nSPS) is 15.3. The molecule has 4 heteroatoms. The van der Waals surface area contributed by atoms with E-state index >= 15 is 0 Å². The second-order valence-electron chi connectivity index (χ2n) is 6.36. The van der Waals surface area contributed by atoms with Crippen molar-refractivity contribution < 1.29 is 4.79 Å². The van der Waals surface area contributed by atoms with Gasteiger partial charge in [0, 0.05) is 22.1 Å². The van der Waals surface area contributed by atoms with Gasteiger partial charge in [0.05, 0.1) is 0 Å². The fraction of sp³-hybridized carbons (Fsp3) is 0.0870. The van der Waals surface area contributed by atoms with E-state index in [9.17, 15) is 4.79 Å². The zero-order valence-electron chi connectivity index (χ0n) is 14.7. The molecule has 0 unspecified atom stereocenters. The molecule has 2 aliphatic heterocycles. The highest BCUT2D eigenvalue weighted by Gasteiger charge is 2.25. The van der Waals surface area contributed by atoms with Crippen LogP contribution in [0.3, 0.4) is 0 Å². The van der Waals surface area contributed by atoms with Crippen molar-refractivity contribution in [3.8, 4) is 0 Å². The minimum atomic E-state index is -0.286. The van der Waals surface area contributed by atoms with Gasteiger partial charge in [0.2, 0.25) is 5.91 Å². The lowest BCUT2D eigenvalue weighted by atomic mass is 10.0. The summed E-state index contributed by atoms with van der Waals surface area (Å²) < 4.78 is 0. The van der Waals surface area contributed by atoms with Gasteiger partial charge in [0.15, 0.2) is 0 Å². The third-order valence-corrected chi connectivity index (χ3v) is 6.95. The van der Waals surface area contributed by atoms with Crippen molar-refractivity contribution in [2.75, 3.05) is 0 Å². The van der Waals surface area contributed by atoms with E-state index < -0.39 is 0 Å². The van der Waals surface area contributed by atoms with Crippen molar-refractivity contribution in [1.82, 2.24) is 0 Å². The van der Waals surface area contributed by atoms with Gasteiger partial charge >= 0.3 is 0 Å². The Balaban J connectivity index is 1.70. The van der Waals surface area contributed by atoms with Crippen LogP contribution in [0.2, 0.25) is 0 Å². The van der Waals surface area contributed by atoms with Gasteiger partial charge in [0.1, 0.15) is 0 Å². The molecular weight excluding hydrogens is 370 g/mol. The highest BCUT2D eigenvalue weighted by Crippen LogP contribution is 2.46. The van der Waals surface area contributed by atoms with Crippen molar-refractivity contribution in [3.63, 3.8) is 0 Å². The van der Waals surface area contributed by atoms with Gasteiger partial charge in [-0.1, -0.05) is 96.4 Å². The first-order chi connectivity index (χ1) is 13.2. The lowest BCUT2D eigenvalue weighted by Gasteiger charge is -2.21. The molecule has 0 aliphatic carbocycles. The number of rotatable bonds is 4. The summed E-state index contributed by atoms with van der Waals surface area (Å²) in [5.41, 5.74) is 8.01. The van der Waals surface area contributed by atoms with Gasteiger partial charge in [-0.25, -0.2) is 0 Å². The molecule has 0 radical (unpaired) electrons. The number of hydrogen-bond acceptors (Lipinski definition) is 3. The molecule has 1 amide bonds. The first kappa shape index (κ1) is 18.0. The topological polar surface area (TPSA) is 43.1 Å². The number of carbonyl (C=O) groups excluding carboxylic acids is 1. The minimum Gasteiger partial charge on any atom is -0.370 e. The quantitative estimate of drug-likeness (QED) is 0.709. The van der Waals surface area contributed by atoms with Crippen LogP contribution in [-0.2, 0) is 4.79 Å². The number of nitrogens with two attached hydrogens (primary N) is 1. The monoisotopic (exact) mass is 389 g/mol. The van der Waals surface area contributed by atoms with Gasteiger partial charge in [0.25, 0.3) is 0 Å². The molecule has 2 aromatic carbocycles. The number of amides is 1. The minimum absolute atomic E-state index is 0.0517. The van der Waals surface area contributed by atoms with Gasteiger partial charge < -0.3 is 5.73 Å². The second-order valence-corrected chi connectivity index (χ2v) is 8.59. The maximum Gasteiger partial charge on any atom is 0.218 e. The molecule has 4 rings (SSSR count). The molecule has 27 heavy (non-hydrogen) atoms. The van der Waals surface area contributed by atoms with E-state index in [0.717, 1.165) is 9.81 Å². The zero-order valence-corrected chi connectivity index (χ0v) is 16.3. The third kappa shape index (κ3) is 4.12. The van der Waals surface area contributed by atoms with E-state index in [1.54, 1.807) is 23.5 Å². The van der Waals surface area contributed by atoms with Crippen molar-refractivity contribution in [2.24, 2.45) is 11.7 Å². The number of primary amides is 1. The SMILES string of the molecule is NC(=O)CC(C1=CC=Cc2ccccc2S1)C1=CC=Cc2ccccc2S1. The van der Waals surface area contributed by atoms with Crippen LogP contribution in [0.4, 0.5) is 0 Å². The summed E-state index contributed by atoms with van der Waals surface area (Å²) in [4.78, 5) is 16.5. The molecule has 0 atom stereocenters. The highest BCUT2D eigenvalue weighted by atomic mass is 32.2. The summed E-state index contributed by atoms with van der Waals surface area (Å²) in [6, 6.07) is 16.6. The molecule has 0 aromatic heterocycles. The second kappa shape index (κ2) is 8.07. The Morgan fingerprint density at radius 3 is 1.78 bits per heavy atom. The predicted molar refractivity (Wildman–Crippen MR) is 116 cm³/mol. The summed E-state index contributed by atoms with van der Waals surface area (Å²) in [6.07, 6.45) is 12.9. The van der Waals surface area contributed by atoms with Crippen LogP contribution in [0.1, 0.15) is 17.5 Å². The number of benzene rings is 2. The average molecular weight is 390 g/mol. The molecule has 2 aliphatic rings. The van der Waals surface area contributed by atoms with E-state index in [4.69, 9.17) is 5.73 Å². The third-order valence-electron chi connectivity index (χ3n) is 4.46. The Hall–Kier alpha value is -2.43. The molecule has 2 aromatic rings. The maximum absolute atomic E-state index is 11.9. The van der Waals surface area contributed by atoms with Crippen molar-refractivity contribution in [1.29, 1.82) is 0 Å². The molecule has 2 nitrogen and oxygen atoms in total. The molecule has 0 spiro atoms. The van der Waals surface area contributed by atoms with E-state index in [-0.39, 0.29) is 11.8 Å². The molecule has 2 N–H and O–H groups in total. The summed E-state index contributed by atoms with van der Waals surface area (Å²) in [7, 11) is 0. The molecule has 2 heterocycles. The van der Waals surface area contributed by atoms with Crippen LogP contribution < -0.4 is 5.73 Å². The van der Waals surface area contributed by atoms with Crippen LogP contribution >= 0.6 is 23.5 Å². The van der Waals surface area contributed by atoms with E-state index in [2.05, 4.69) is 60.7 Å². The Kier molecular flexibility index (Phi) is 5.37. The number of thioether (sulfide) groups is 2. The van der Waals surface area contributed by atoms with Crippen LogP contribution in [0, 0.1) is 5.92 Å². The number of allylic oxidation sites excluding steroid dienone is 6. The highest BCUT2D eigenvalue weighted by molar-refractivity contribution is 8.04. The van der Waals surface area contributed by atoms with Gasteiger partial charge in [-0.3, -0.25) is 4.79 Å². The summed E-state index contributed by atoms with van der Waals surface area (Å²) in [5.74, 6) is -0.338. The van der Waals surface area contributed by atoms with Crippen LogP contribution in [0.15, 0.2) is 92.4 Å². The summed E-state index contributed by atoms with van der Waals surface area (Å²) in [6.45, 7) is 0. The van der Waals surface area contributed by atoms with Crippen molar-refractivity contribution in [3.05, 3.63) is 93.8 Å². The summed E-state index contributed by atoms with van der Waals surface area (Å²) in [5, 5.41) is 0. The van der Waals surface area contributed by atoms with E-state index in [0.29, 0.717) is 6.42 Å². The van der Waals surface area contributed by atoms with E-state index in [1.807, 2.05) is 24.3 Å². The van der Waals surface area contributed by atoms with Crippen LogP contribution in [0.5, 0.6) is 0 Å². The lowest BCUT2D eigenvalue weighted by Crippen LogP contribution is -2.18. The zero-order chi connectivity index (χ0) is 18.6. The Morgan fingerprint density at radius 1 is 0.815 bits per heavy atom. The Morgan fingerprint density at radius 2 is 1.30 bits per heavy atom. The average Bonchev–Trinajstić information content (AvgIpc) is 3.01. The number of hydrogen-bond donors (Lipinski definition) is 1. The predicted octanol–water partition coefficient (Wildman–Crippen LogP) is 5.88. The van der Waals surface area contributed by atoms with Crippen molar-refractivity contribution in [2.45, 2.75) is 16.2 Å². The largest absolute Gasteiger partial charge is 0.370 e. The molecule has 0 saturated carbocycles. The van der Waals surface area contributed by atoms with E-state index in [1.165, 1.54) is 20.9 Å². The molecular formula is C23H19NOS2. The fourth-order valence-corrected chi connectivity index (χ4v) is 5.54. The molecule has 0 fully saturated rings. The maximum atomic E-state index is 11.9. The first-order valence-corrected chi connectivity index (χ1v) is 10.4. The first-order valence-electron chi connectivity index (χ1n) is 8.79. The Bertz CT molecular complexity index is 927. The molecule has 0 bridgehead atoms. The van der Waals surface area contributed by atoms with Gasteiger partial charge in [-0.05, 0) is 33.1 Å². The Labute approximate surface area is 167 Å². The van der Waals surface area contributed by atoms with Gasteiger partial charge in [-0.15, -0.1) is 0 Å². The van der Waals surface area contributed by atoms with Crippen LogP contribution in [0.25, 0.3) is 12.2 Å². The van der Waals surface area contributed by atoms with Crippen molar-refractivity contribution >= 4 is 41.6 Å².